The molecule has 0 radical (unpaired) electrons. The Kier molecular flexibility index (Phi) is 5.16. The molecule has 6 nitrogen and oxygen atoms in total. The van der Waals surface area contributed by atoms with Gasteiger partial charge in [0, 0.05) is 18.6 Å². The van der Waals surface area contributed by atoms with Gasteiger partial charge in [0.15, 0.2) is 5.56 Å². The Hall–Kier alpha value is -2.34. The molecule has 0 aliphatic rings. The van der Waals surface area contributed by atoms with Crippen molar-refractivity contribution in [2.24, 2.45) is 0 Å². The second kappa shape index (κ2) is 7.09. The Morgan fingerprint density at radius 2 is 1.77 bits per heavy atom. The van der Waals surface area contributed by atoms with Gasteiger partial charge in [0.2, 0.25) is 11.8 Å². The number of hydrogen-bond acceptors (Lipinski definition) is 5. The molecule has 1 aromatic heterocycles. The van der Waals surface area contributed by atoms with Crippen LogP contribution in [0, 0.1) is 0 Å². The Balaban J connectivity index is 2.30. The molecule has 1 heterocycles. The second-order valence-corrected chi connectivity index (χ2v) is 4.93. The van der Waals surface area contributed by atoms with Crippen LogP contribution in [0.3, 0.4) is 0 Å². The molecule has 0 saturated heterocycles. The first-order valence-corrected chi connectivity index (χ1v) is 6.88. The zero-order valence-electron chi connectivity index (χ0n) is 12.5. The minimum absolute atomic E-state index is 0.169. The Morgan fingerprint density at radius 3 is 2.32 bits per heavy atom. The van der Waals surface area contributed by atoms with Crippen molar-refractivity contribution in [3.63, 3.8) is 0 Å². The maximum atomic E-state index is 12.7. The topological polar surface area (TPSA) is 64.6 Å². The van der Waals surface area contributed by atoms with Gasteiger partial charge in [-0.3, -0.25) is 4.79 Å². The van der Waals surface area contributed by atoms with Gasteiger partial charge >= 0.3 is 0 Å². The standard InChI is InChI=1S/C15H16ClN3O3/c1-19(8-10-6-4-5-7-11(10)16)15(20)12-13(21-2)17-9-18-14(12)22-3/h4-7,9H,8H2,1-3H3. The number of aromatic nitrogens is 2. The third-order valence-electron chi connectivity index (χ3n) is 3.09. The third kappa shape index (κ3) is 3.28. The van der Waals surface area contributed by atoms with Gasteiger partial charge in [-0.15, -0.1) is 0 Å². The summed E-state index contributed by atoms with van der Waals surface area (Å²) in [4.78, 5) is 22.1. The number of ether oxygens (including phenoxy) is 2. The van der Waals surface area contributed by atoms with Crippen molar-refractivity contribution in [1.29, 1.82) is 0 Å². The largest absolute Gasteiger partial charge is 0.480 e. The summed E-state index contributed by atoms with van der Waals surface area (Å²) in [5.74, 6) is 0.0277. The van der Waals surface area contributed by atoms with Gasteiger partial charge in [-0.1, -0.05) is 29.8 Å². The minimum atomic E-state index is -0.311. The smallest absolute Gasteiger partial charge is 0.264 e. The van der Waals surface area contributed by atoms with Crippen LogP contribution < -0.4 is 9.47 Å². The lowest BCUT2D eigenvalue weighted by Gasteiger charge is -2.19. The van der Waals surface area contributed by atoms with Crippen LogP contribution in [0.1, 0.15) is 15.9 Å². The lowest BCUT2D eigenvalue weighted by molar-refractivity contribution is 0.0776. The van der Waals surface area contributed by atoms with E-state index in [1.165, 1.54) is 25.4 Å². The molecule has 0 spiro atoms. The van der Waals surface area contributed by atoms with Gasteiger partial charge < -0.3 is 14.4 Å². The molecule has 0 fully saturated rings. The van der Waals surface area contributed by atoms with Gasteiger partial charge in [0.25, 0.3) is 5.91 Å². The highest BCUT2D eigenvalue weighted by Gasteiger charge is 2.24. The fourth-order valence-corrected chi connectivity index (χ4v) is 2.19. The highest BCUT2D eigenvalue weighted by Crippen LogP contribution is 2.26. The van der Waals surface area contributed by atoms with Gasteiger partial charge in [-0.2, -0.15) is 0 Å². The summed E-state index contributed by atoms with van der Waals surface area (Å²) < 4.78 is 10.3. The molecule has 2 aromatic rings. The molecule has 1 aromatic carbocycles. The van der Waals surface area contributed by atoms with Gasteiger partial charge in [0.05, 0.1) is 14.2 Å². The summed E-state index contributed by atoms with van der Waals surface area (Å²) in [7, 11) is 4.54. The first-order valence-electron chi connectivity index (χ1n) is 6.50. The molecular weight excluding hydrogens is 306 g/mol. The van der Waals surface area contributed by atoms with E-state index in [4.69, 9.17) is 21.1 Å². The molecule has 1 amide bonds. The Labute approximate surface area is 133 Å². The van der Waals surface area contributed by atoms with E-state index in [-0.39, 0.29) is 23.2 Å². The minimum Gasteiger partial charge on any atom is -0.480 e. The molecule has 0 saturated carbocycles. The van der Waals surface area contributed by atoms with Crippen LogP contribution in [-0.4, -0.2) is 42.0 Å². The van der Waals surface area contributed by atoms with Crippen molar-refractivity contribution in [2.45, 2.75) is 6.54 Å². The van der Waals surface area contributed by atoms with E-state index in [1.807, 2.05) is 18.2 Å². The predicted molar refractivity (Wildman–Crippen MR) is 82.4 cm³/mol. The highest BCUT2D eigenvalue weighted by molar-refractivity contribution is 6.31. The summed E-state index contributed by atoms with van der Waals surface area (Å²) in [6.07, 6.45) is 1.28. The Bertz CT molecular complexity index is 657. The van der Waals surface area contributed by atoms with E-state index in [9.17, 15) is 4.79 Å². The normalized spacial score (nSPS) is 10.2. The maximum Gasteiger partial charge on any atom is 0.264 e. The third-order valence-corrected chi connectivity index (χ3v) is 3.46. The zero-order valence-corrected chi connectivity index (χ0v) is 13.3. The van der Waals surface area contributed by atoms with E-state index < -0.39 is 0 Å². The number of methoxy groups -OCH3 is 2. The Morgan fingerprint density at radius 1 is 1.18 bits per heavy atom. The molecule has 116 valence electrons. The monoisotopic (exact) mass is 321 g/mol. The second-order valence-electron chi connectivity index (χ2n) is 4.52. The number of amides is 1. The SMILES string of the molecule is COc1ncnc(OC)c1C(=O)N(C)Cc1ccccc1Cl. The summed E-state index contributed by atoms with van der Waals surface area (Å²) in [5.41, 5.74) is 1.02. The van der Waals surface area contributed by atoms with E-state index in [0.717, 1.165) is 5.56 Å². The van der Waals surface area contributed by atoms with Gasteiger partial charge in [0.1, 0.15) is 6.33 Å². The molecule has 0 unspecified atom stereocenters. The van der Waals surface area contributed by atoms with E-state index in [2.05, 4.69) is 9.97 Å². The number of hydrogen-bond donors (Lipinski definition) is 0. The van der Waals surface area contributed by atoms with Gasteiger partial charge in [-0.05, 0) is 11.6 Å². The number of benzene rings is 1. The summed E-state index contributed by atoms with van der Waals surface area (Å²) in [6.45, 7) is 0.347. The number of nitrogens with zero attached hydrogens (tertiary/aromatic N) is 3. The van der Waals surface area contributed by atoms with Crippen molar-refractivity contribution >= 4 is 17.5 Å². The summed E-state index contributed by atoms with van der Waals surface area (Å²) >= 11 is 6.12. The van der Waals surface area contributed by atoms with Crippen molar-refractivity contribution in [3.8, 4) is 11.8 Å². The van der Waals surface area contributed by atoms with E-state index in [0.29, 0.717) is 11.6 Å². The van der Waals surface area contributed by atoms with Crippen LogP contribution in [0.25, 0.3) is 0 Å². The van der Waals surface area contributed by atoms with E-state index >= 15 is 0 Å². The van der Waals surface area contributed by atoms with Crippen LogP contribution in [0.5, 0.6) is 11.8 Å². The molecular formula is C15H16ClN3O3. The maximum absolute atomic E-state index is 12.7. The molecule has 0 bridgehead atoms. The molecule has 0 aliphatic heterocycles. The highest BCUT2D eigenvalue weighted by atomic mass is 35.5. The molecule has 7 heteroatoms. The molecule has 0 aliphatic carbocycles. The van der Waals surface area contributed by atoms with Crippen LogP contribution in [0.4, 0.5) is 0 Å². The predicted octanol–water partition coefficient (Wildman–Crippen LogP) is 2.42. The van der Waals surface area contributed by atoms with Crippen LogP contribution >= 0.6 is 11.6 Å². The summed E-state index contributed by atoms with van der Waals surface area (Å²) in [6, 6.07) is 7.35. The lowest BCUT2D eigenvalue weighted by Crippen LogP contribution is -2.27. The number of halogens is 1. The first kappa shape index (κ1) is 16.0. The lowest BCUT2D eigenvalue weighted by atomic mass is 10.2. The van der Waals surface area contributed by atoms with Crippen LogP contribution in [0.2, 0.25) is 5.02 Å². The number of carbonyl (C=O) groups excluding carboxylic acids is 1. The quantitative estimate of drug-likeness (QED) is 0.846. The zero-order chi connectivity index (χ0) is 16.1. The van der Waals surface area contributed by atoms with Crippen molar-refractivity contribution in [3.05, 3.63) is 46.7 Å². The fourth-order valence-electron chi connectivity index (χ4n) is 1.99. The average molecular weight is 322 g/mol. The fraction of sp³-hybridized carbons (Fsp3) is 0.267. The average Bonchev–Trinajstić information content (AvgIpc) is 2.55. The van der Waals surface area contributed by atoms with Crippen LogP contribution in [0.15, 0.2) is 30.6 Å². The van der Waals surface area contributed by atoms with E-state index in [1.54, 1.807) is 13.1 Å². The van der Waals surface area contributed by atoms with Crippen molar-refractivity contribution < 1.29 is 14.3 Å². The molecule has 2 rings (SSSR count). The van der Waals surface area contributed by atoms with Crippen molar-refractivity contribution in [1.82, 2.24) is 14.9 Å². The van der Waals surface area contributed by atoms with Crippen LogP contribution in [-0.2, 0) is 6.54 Å². The van der Waals surface area contributed by atoms with Gasteiger partial charge in [-0.25, -0.2) is 9.97 Å². The number of carbonyl (C=O) groups is 1. The molecule has 22 heavy (non-hydrogen) atoms. The van der Waals surface area contributed by atoms with Crippen molar-refractivity contribution in [2.75, 3.05) is 21.3 Å². The molecule has 0 atom stereocenters. The first-order chi connectivity index (χ1) is 10.6. The molecule has 0 N–H and O–H groups in total. The summed E-state index contributed by atoms with van der Waals surface area (Å²) in [5, 5.41) is 0.602. The number of rotatable bonds is 5.